The first-order chi connectivity index (χ1) is 15.9. The van der Waals surface area contributed by atoms with Crippen LogP contribution >= 0.6 is 0 Å². The molecule has 0 fully saturated rings. The summed E-state index contributed by atoms with van der Waals surface area (Å²) in [6, 6.07) is 26.2. The van der Waals surface area contributed by atoms with Crippen LogP contribution in [0.5, 0.6) is 0 Å². The van der Waals surface area contributed by atoms with Gasteiger partial charge in [0.2, 0.25) is 10.0 Å². The van der Waals surface area contributed by atoms with Gasteiger partial charge in [0.1, 0.15) is 6.04 Å². The zero-order valence-corrected chi connectivity index (χ0v) is 18.7. The van der Waals surface area contributed by atoms with Crippen LogP contribution in [-0.2, 0) is 34.1 Å². The minimum Gasteiger partial charge on any atom is -0.480 e. The molecule has 0 saturated carbocycles. The molecule has 6 nitrogen and oxygen atoms in total. The number of fused-ring (bicyclic) bond motifs is 1. The molecule has 0 aliphatic carbocycles. The molecule has 4 aromatic rings. The molecule has 0 radical (unpaired) electrons. The van der Waals surface area contributed by atoms with Gasteiger partial charge >= 0.3 is 5.97 Å². The van der Waals surface area contributed by atoms with E-state index in [0.29, 0.717) is 6.42 Å². The summed E-state index contributed by atoms with van der Waals surface area (Å²) in [7, 11) is -3.98. The Balaban J connectivity index is 1.41. The Hall–Kier alpha value is -3.55. The number of sulfonamides is 1. The van der Waals surface area contributed by atoms with E-state index < -0.39 is 22.0 Å². The van der Waals surface area contributed by atoms with E-state index in [1.807, 2.05) is 42.5 Å². The van der Waals surface area contributed by atoms with Crippen molar-refractivity contribution >= 4 is 26.9 Å². The number of carbonyl (C=O) groups is 1. The molecule has 0 spiro atoms. The van der Waals surface area contributed by atoms with Crippen molar-refractivity contribution in [2.24, 2.45) is 0 Å². The van der Waals surface area contributed by atoms with Crippen LogP contribution in [0.2, 0.25) is 0 Å². The molecule has 4 rings (SSSR count). The third-order valence-corrected chi connectivity index (χ3v) is 6.93. The SMILES string of the molecule is O=C(O)[C@H](Cc1ccccc1)NS(=O)(=O)c1ccc(CCc2ccc3ccccc3n2)cc1. The molecule has 0 saturated heterocycles. The average molecular weight is 461 g/mol. The molecule has 0 unspecified atom stereocenters. The first-order valence-electron chi connectivity index (χ1n) is 10.6. The fourth-order valence-electron chi connectivity index (χ4n) is 3.64. The number of nitrogens with zero attached hydrogens (tertiary/aromatic N) is 1. The predicted octanol–water partition coefficient (Wildman–Crippen LogP) is 3.99. The van der Waals surface area contributed by atoms with Crippen molar-refractivity contribution < 1.29 is 18.3 Å². The van der Waals surface area contributed by atoms with Crippen LogP contribution in [0.25, 0.3) is 10.9 Å². The van der Waals surface area contributed by atoms with Gasteiger partial charge in [-0.2, -0.15) is 4.72 Å². The number of rotatable bonds is 9. The Morgan fingerprint density at radius 1 is 0.818 bits per heavy atom. The van der Waals surface area contributed by atoms with Crippen molar-refractivity contribution in [1.82, 2.24) is 9.71 Å². The molecular formula is C26H24N2O4S. The molecule has 3 aromatic carbocycles. The Labute approximate surface area is 193 Å². The average Bonchev–Trinajstić information content (AvgIpc) is 2.83. The van der Waals surface area contributed by atoms with Gasteiger partial charge in [-0.1, -0.05) is 66.7 Å². The lowest BCUT2D eigenvalue weighted by atomic mass is 10.1. The smallest absolute Gasteiger partial charge is 0.322 e. The summed E-state index contributed by atoms with van der Waals surface area (Å²) in [6.45, 7) is 0. The monoisotopic (exact) mass is 460 g/mol. The van der Waals surface area contributed by atoms with Crippen molar-refractivity contribution in [3.05, 3.63) is 108 Å². The molecule has 168 valence electrons. The molecule has 0 aliphatic heterocycles. The number of hydrogen-bond acceptors (Lipinski definition) is 4. The van der Waals surface area contributed by atoms with E-state index in [1.165, 1.54) is 12.1 Å². The molecule has 1 atom stereocenters. The van der Waals surface area contributed by atoms with Crippen LogP contribution in [0.15, 0.2) is 95.9 Å². The molecule has 33 heavy (non-hydrogen) atoms. The number of hydrogen-bond donors (Lipinski definition) is 2. The lowest BCUT2D eigenvalue weighted by Gasteiger charge is -2.15. The molecule has 7 heteroatoms. The van der Waals surface area contributed by atoms with Gasteiger partial charge in [0, 0.05) is 11.1 Å². The van der Waals surface area contributed by atoms with Gasteiger partial charge in [-0.05, 0) is 54.7 Å². The summed E-state index contributed by atoms with van der Waals surface area (Å²) in [5, 5.41) is 10.6. The normalized spacial score (nSPS) is 12.5. The van der Waals surface area contributed by atoms with Gasteiger partial charge in [0.15, 0.2) is 0 Å². The Morgan fingerprint density at radius 3 is 2.24 bits per heavy atom. The Morgan fingerprint density at radius 2 is 1.52 bits per heavy atom. The minimum absolute atomic E-state index is 0.0365. The lowest BCUT2D eigenvalue weighted by molar-refractivity contribution is -0.138. The maximum absolute atomic E-state index is 12.8. The highest BCUT2D eigenvalue weighted by molar-refractivity contribution is 7.89. The molecule has 0 bridgehead atoms. The predicted molar refractivity (Wildman–Crippen MR) is 127 cm³/mol. The minimum atomic E-state index is -3.98. The van der Waals surface area contributed by atoms with Crippen LogP contribution in [0.1, 0.15) is 16.8 Å². The largest absolute Gasteiger partial charge is 0.480 e. The maximum Gasteiger partial charge on any atom is 0.322 e. The third kappa shape index (κ3) is 5.83. The van der Waals surface area contributed by atoms with Crippen LogP contribution in [0.3, 0.4) is 0 Å². The standard InChI is InChI=1S/C26H24N2O4S/c29-26(30)25(18-20-6-2-1-3-7-20)28-33(31,32)23-16-11-19(12-17-23)10-14-22-15-13-21-8-4-5-9-24(21)27-22/h1-9,11-13,15-17,25,28H,10,14,18H2,(H,29,30)/t25-/m0/s1. The van der Waals surface area contributed by atoms with Crippen LogP contribution in [0.4, 0.5) is 0 Å². The number of nitrogens with one attached hydrogen (secondary N) is 1. The summed E-state index contributed by atoms with van der Waals surface area (Å²) in [6.07, 6.45) is 1.50. The van der Waals surface area contributed by atoms with E-state index in [2.05, 4.69) is 9.71 Å². The number of aromatic nitrogens is 1. The van der Waals surface area contributed by atoms with Gasteiger partial charge in [-0.3, -0.25) is 9.78 Å². The number of carboxylic acids is 1. The first kappa shape index (κ1) is 22.6. The Kier molecular flexibility index (Phi) is 6.82. The summed E-state index contributed by atoms with van der Waals surface area (Å²) in [5.41, 5.74) is 3.64. The van der Waals surface area contributed by atoms with Gasteiger partial charge in [0.25, 0.3) is 0 Å². The number of para-hydroxylation sites is 1. The number of aliphatic carboxylic acids is 1. The third-order valence-electron chi connectivity index (χ3n) is 5.44. The topological polar surface area (TPSA) is 96.4 Å². The van der Waals surface area contributed by atoms with Crippen molar-refractivity contribution in [3.63, 3.8) is 0 Å². The highest BCUT2D eigenvalue weighted by Crippen LogP contribution is 2.16. The second-order valence-corrected chi connectivity index (χ2v) is 9.56. The van der Waals surface area contributed by atoms with Crippen molar-refractivity contribution in [2.75, 3.05) is 0 Å². The zero-order valence-electron chi connectivity index (χ0n) is 17.9. The van der Waals surface area contributed by atoms with E-state index in [1.54, 1.807) is 36.4 Å². The molecular weight excluding hydrogens is 436 g/mol. The maximum atomic E-state index is 12.8. The molecule has 1 aromatic heterocycles. The second kappa shape index (κ2) is 9.94. The molecule has 1 heterocycles. The van der Waals surface area contributed by atoms with E-state index in [-0.39, 0.29) is 11.3 Å². The van der Waals surface area contributed by atoms with Gasteiger partial charge in [-0.25, -0.2) is 8.42 Å². The van der Waals surface area contributed by atoms with Crippen LogP contribution < -0.4 is 4.72 Å². The first-order valence-corrected chi connectivity index (χ1v) is 12.1. The lowest BCUT2D eigenvalue weighted by Crippen LogP contribution is -2.42. The van der Waals surface area contributed by atoms with E-state index >= 15 is 0 Å². The molecule has 0 amide bonds. The summed E-state index contributed by atoms with van der Waals surface area (Å²) < 4.78 is 27.9. The van der Waals surface area contributed by atoms with E-state index in [4.69, 9.17) is 0 Å². The van der Waals surface area contributed by atoms with Crippen LogP contribution in [0, 0.1) is 0 Å². The molecule has 0 aliphatic rings. The summed E-state index contributed by atoms with van der Waals surface area (Å²) in [4.78, 5) is 16.3. The van der Waals surface area contributed by atoms with E-state index in [9.17, 15) is 18.3 Å². The quantitative estimate of drug-likeness (QED) is 0.394. The van der Waals surface area contributed by atoms with Crippen molar-refractivity contribution in [2.45, 2.75) is 30.2 Å². The highest BCUT2D eigenvalue weighted by Gasteiger charge is 2.25. The number of pyridine rings is 1. The highest BCUT2D eigenvalue weighted by atomic mass is 32.2. The second-order valence-electron chi connectivity index (χ2n) is 7.84. The summed E-state index contributed by atoms with van der Waals surface area (Å²) in [5.74, 6) is -1.22. The molecule has 2 N–H and O–H groups in total. The number of aryl methyl sites for hydroxylation is 2. The van der Waals surface area contributed by atoms with Gasteiger partial charge in [0.05, 0.1) is 10.4 Å². The van der Waals surface area contributed by atoms with Gasteiger partial charge in [-0.15, -0.1) is 0 Å². The fourth-order valence-corrected chi connectivity index (χ4v) is 4.83. The summed E-state index contributed by atoms with van der Waals surface area (Å²) >= 11 is 0. The number of carboxylic acid groups (broad SMARTS) is 1. The Bertz CT molecular complexity index is 1350. The van der Waals surface area contributed by atoms with Crippen LogP contribution in [-0.4, -0.2) is 30.5 Å². The van der Waals surface area contributed by atoms with Crippen molar-refractivity contribution in [3.8, 4) is 0 Å². The van der Waals surface area contributed by atoms with Crippen molar-refractivity contribution in [1.29, 1.82) is 0 Å². The van der Waals surface area contributed by atoms with E-state index in [0.717, 1.165) is 34.1 Å². The zero-order chi connectivity index (χ0) is 23.3. The number of benzene rings is 3. The van der Waals surface area contributed by atoms with Gasteiger partial charge < -0.3 is 5.11 Å². The fraction of sp³-hybridized carbons (Fsp3) is 0.154.